The minimum atomic E-state index is -3.59. The molecule has 1 aromatic carbocycles. The lowest BCUT2D eigenvalue weighted by Gasteiger charge is -2.14. The third kappa shape index (κ3) is 1.91. The van der Waals surface area contributed by atoms with E-state index in [-0.39, 0.29) is 41.6 Å². The highest BCUT2D eigenvalue weighted by atomic mass is 31.2. The summed E-state index contributed by atoms with van der Waals surface area (Å²) in [4.78, 5) is 11.3. The van der Waals surface area contributed by atoms with E-state index in [1.54, 1.807) is 0 Å². The minimum absolute atomic E-state index is 0.0273. The van der Waals surface area contributed by atoms with Crippen LogP contribution in [0.3, 0.4) is 0 Å². The number of benzene rings is 1. The van der Waals surface area contributed by atoms with Crippen molar-refractivity contribution in [2.45, 2.75) is 13.3 Å². The van der Waals surface area contributed by atoms with Gasteiger partial charge in [0.25, 0.3) is 0 Å². The van der Waals surface area contributed by atoms with Crippen molar-refractivity contribution in [2.75, 3.05) is 6.61 Å². The smallest absolute Gasteiger partial charge is 0.507 e. The molecule has 3 rings (SSSR count). The van der Waals surface area contributed by atoms with E-state index in [1.165, 1.54) is 13.0 Å². The number of fused-ring (bicyclic) bond motifs is 1. The number of phenols is 1. The Bertz CT molecular complexity index is 679. The molecular formula is C12H11O7P. The molecule has 1 atom stereocenters. The van der Waals surface area contributed by atoms with Crippen molar-refractivity contribution in [1.29, 1.82) is 0 Å². The van der Waals surface area contributed by atoms with E-state index in [9.17, 15) is 14.5 Å². The van der Waals surface area contributed by atoms with Gasteiger partial charge in [-0.2, -0.15) is 4.57 Å². The molecule has 8 heteroatoms. The van der Waals surface area contributed by atoms with Gasteiger partial charge in [-0.3, -0.25) is 0 Å². The fraction of sp³-hybridized carbons (Fsp3) is 0.250. The van der Waals surface area contributed by atoms with E-state index >= 15 is 0 Å². The average Bonchev–Trinajstić information content (AvgIpc) is 2.85. The molecule has 0 spiro atoms. The van der Waals surface area contributed by atoms with Crippen molar-refractivity contribution in [3.05, 3.63) is 23.8 Å². The maximum absolute atomic E-state index is 11.8. The number of phosphoric acid groups is 1. The predicted octanol–water partition coefficient (Wildman–Crippen LogP) is 2.33. The highest BCUT2D eigenvalue weighted by Gasteiger charge is 2.51. The SMILES string of the molecule is C=C(C)C(=O)OCCc1c(O)cc2c3c1OP(=O)(O2)O3. The lowest BCUT2D eigenvalue weighted by atomic mass is 10.1. The molecule has 2 aliphatic rings. The van der Waals surface area contributed by atoms with Gasteiger partial charge in [0, 0.05) is 23.6 Å². The largest absolute Gasteiger partial charge is 0.647 e. The first-order chi connectivity index (χ1) is 9.39. The van der Waals surface area contributed by atoms with Crippen LogP contribution in [0.2, 0.25) is 0 Å². The second kappa shape index (κ2) is 4.18. The first-order valence-electron chi connectivity index (χ1n) is 5.80. The Morgan fingerprint density at radius 2 is 2.10 bits per heavy atom. The molecule has 0 radical (unpaired) electrons. The van der Waals surface area contributed by atoms with E-state index in [2.05, 4.69) is 6.58 Å². The van der Waals surface area contributed by atoms with Crippen molar-refractivity contribution < 1.29 is 32.8 Å². The molecular weight excluding hydrogens is 287 g/mol. The van der Waals surface area contributed by atoms with Gasteiger partial charge in [-0.15, -0.1) is 0 Å². The molecule has 0 aliphatic carbocycles. The number of rotatable bonds is 4. The van der Waals surface area contributed by atoms with Crippen LogP contribution in [0.25, 0.3) is 0 Å². The van der Waals surface area contributed by atoms with Gasteiger partial charge >= 0.3 is 13.8 Å². The molecule has 2 bridgehead atoms. The summed E-state index contributed by atoms with van der Waals surface area (Å²) in [6.07, 6.45) is 0.191. The zero-order valence-corrected chi connectivity index (χ0v) is 11.4. The minimum Gasteiger partial charge on any atom is -0.507 e. The highest BCUT2D eigenvalue weighted by Crippen LogP contribution is 2.70. The van der Waals surface area contributed by atoms with Crippen LogP contribution < -0.4 is 13.6 Å². The summed E-state index contributed by atoms with van der Waals surface area (Å²) in [6.45, 7) is 5.02. The van der Waals surface area contributed by atoms with E-state index < -0.39 is 13.8 Å². The van der Waals surface area contributed by atoms with Gasteiger partial charge in [-0.05, 0) is 6.92 Å². The summed E-state index contributed by atoms with van der Waals surface area (Å²) in [5.74, 6) is -0.0269. The van der Waals surface area contributed by atoms with Crippen molar-refractivity contribution in [1.82, 2.24) is 0 Å². The standard InChI is InChI=1S/C12H11O7P/c1-6(2)12(14)16-4-3-7-8(13)5-9-11-10(7)18-20(15,17-9)19-11/h5,13H,1,3-4H2,2H3. The summed E-state index contributed by atoms with van der Waals surface area (Å²) < 4.78 is 31.8. The van der Waals surface area contributed by atoms with Gasteiger partial charge < -0.3 is 23.4 Å². The quantitative estimate of drug-likeness (QED) is 0.518. The Kier molecular flexibility index (Phi) is 2.69. The third-order valence-corrected chi connectivity index (χ3v) is 4.06. The molecule has 1 unspecified atom stereocenters. The zero-order valence-electron chi connectivity index (χ0n) is 10.5. The first-order valence-corrected chi connectivity index (χ1v) is 7.26. The summed E-state index contributed by atoms with van der Waals surface area (Å²) in [6, 6.07) is 1.30. The lowest BCUT2D eigenvalue weighted by molar-refractivity contribution is -0.138. The number of aromatic hydroxyl groups is 1. The molecule has 1 aromatic rings. The van der Waals surface area contributed by atoms with Crippen molar-refractivity contribution >= 4 is 13.8 Å². The number of hydrogen-bond acceptors (Lipinski definition) is 7. The maximum atomic E-state index is 11.8. The number of esters is 1. The van der Waals surface area contributed by atoms with Crippen LogP contribution in [-0.4, -0.2) is 17.7 Å². The summed E-state index contributed by atoms with van der Waals surface area (Å²) in [5, 5.41) is 9.88. The first kappa shape index (κ1) is 12.9. The van der Waals surface area contributed by atoms with Crippen LogP contribution >= 0.6 is 7.82 Å². The normalized spacial score (nSPS) is 20.9. The van der Waals surface area contributed by atoms with E-state index in [0.717, 1.165) is 0 Å². The molecule has 0 aromatic heterocycles. The molecule has 20 heavy (non-hydrogen) atoms. The fourth-order valence-electron chi connectivity index (χ4n) is 1.90. The monoisotopic (exact) mass is 298 g/mol. The van der Waals surface area contributed by atoms with Gasteiger partial charge in [0.1, 0.15) is 5.75 Å². The Labute approximate surface area is 114 Å². The molecule has 7 nitrogen and oxygen atoms in total. The van der Waals surface area contributed by atoms with Crippen LogP contribution in [0.4, 0.5) is 0 Å². The van der Waals surface area contributed by atoms with Gasteiger partial charge in [-0.25, -0.2) is 4.79 Å². The molecule has 2 heterocycles. The van der Waals surface area contributed by atoms with E-state index in [4.69, 9.17) is 18.3 Å². The predicted molar refractivity (Wildman–Crippen MR) is 67.1 cm³/mol. The molecule has 0 saturated carbocycles. The second-order valence-electron chi connectivity index (χ2n) is 4.42. The summed E-state index contributed by atoms with van der Waals surface area (Å²) >= 11 is 0. The van der Waals surface area contributed by atoms with Crippen LogP contribution in [0.5, 0.6) is 23.0 Å². The van der Waals surface area contributed by atoms with Crippen molar-refractivity contribution in [3.8, 4) is 23.0 Å². The molecule has 106 valence electrons. The number of carbonyl (C=O) groups is 1. The fourth-order valence-corrected chi connectivity index (χ4v) is 3.20. The Hall–Kier alpha value is -2.14. The lowest BCUT2D eigenvalue weighted by Crippen LogP contribution is -2.09. The van der Waals surface area contributed by atoms with Crippen LogP contribution in [0.15, 0.2) is 18.2 Å². The molecule has 1 N–H and O–H groups in total. The molecule has 0 amide bonds. The number of ether oxygens (including phenoxy) is 1. The molecule has 2 aliphatic heterocycles. The van der Waals surface area contributed by atoms with Gasteiger partial charge in [-0.1, -0.05) is 6.58 Å². The topological polar surface area (TPSA) is 91.3 Å². The number of phenolic OH excluding ortho intramolecular Hbond substituents is 1. The van der Waals surface area contributed by atoms with E-state index in [0.29, 0.717) is 5.56 Å². The van der Waals surface area contributed by atoms with Gasteiger partial charge in [0.05, 0.1) is 6.61 Å². The second-order valence-corrected chi connectivity index (χ2v) is 5.86. The number of phosphoric ester groups is 1. The van der Waals surface area contributed by atoms with Crippen molar-refractivity contribution in [3.63, 3.8) is 0 Å². The van der Waals surface area contributed by atoms with Crippen LogP contribution in [0.1, 0.15) is 12.5 Å². The summed E-state index contributed by atoms with van der Waals surface area (Å²) in [5.41, 5.74) is 0.646. The Morgan fingerprint density at radius 3 is 2.75 bits per heavy atom. The van der Waals surface area contributed by atoms with Gasteiger partial charge in [0.15, 0.2) is 11.5 Å². The zero-order chi connectivity index (χ0) is 14.5. The average molecular weight is 298 g/mol. The maximum Gasteiger partial charge on any atom is 0.647 e. The molecule has 0 saturated heterocycles. The van der Waals surface area contributed by atoms with Gasteiger partial charge in [0.2, 0.25) is 5.75 Å². The highest BCUT2D eigenvalue weighted by molar-refractivity contribution is 7.50. The Balaban J connectivity index is 1.79. The number of carbonyl (C=O) groups excluding carboxylic acids is 1. The third-order valence-electron chi connectivity index (χ3n) is 2.83. The Morgan fingerprint density at radius 1 is 1.40 bits per heavy atom. The van der Waals surface area contributed by atoms with Crippen LogP contribution in [-0.2, 0) is 20.5 Å². The number of hydrogen-bond donors (Lipinski definition) is 1. The van der Waals surface area contributed by atoms with Crippen molar-refractivity contribution in [2.24, 2.45) is 0 Å². The van der Waals surface area contributed by atoms with E-state index in [1.807, 2.05) is 0 Å². The molecule has 0 fully saturated rings. The summed E-state index contributed by atoms with van der Waals surface area (Å²) in [7, 11) is -3.59. The van der Waals surface area contributed by atoms with Crippen LogP contribution in [0, 0.1) is 0 Å².